The monoisotopic (exact) mass is 605 g/mol. The van der Waals surface area contributed by atoms with E-state index in [1.165, 1.54) is 17.4 Å². The highest BCUT2D eigenvalue weighted by molar-refractivity contribution is 8.26. The number of thioether (sulfide) groups is 1. The lowest BCUT2D eigenvalue weighted by molar-refractivity contribution is -0.122. The number of hydrogen-bond donors (Lipinski definition) is 0. The lowest BCUT2D eigenvalue weighted by Crippen LogP contribution is -2.48. The summed E-state index contributed by atoms with van der Waals surface area (Å²) in [6, 6.07) is 12.5. The van der Waals surface area contributed by atoms with Crippen LogP contribution in [0.3, 0.4) is 0 Å². The summed E-state index contributed by atoms with van der Waals surface area (Å²) in [4.78, 5) is 34.3. The molecule has 1 amide bonds. The maximum atomic E-state index is 13.7. The van der Waals surface area contributed by atoms with Crippen LogP contribution in [0, 0.1) is 24.2 Å². The van der Waals surface area contributed by atoms with Crippen molar-refractivity contribution in [1.29, 1.82) is 5.26 Å². The Morgan fingerprint density at radius 1 is 1.02 bits per heavy atom. The van der Waals surface area contributed by atoms with Gasteiger partial charge in [-0.15, -0.1) is 0 Å². The van der Waals surface area contributed by atoms with E-state index >= 15 is 0 Å². The maximum absolute atomic E-state index is 13.7. The second-order valence-electron chi connectivity index (χ2n) is 11.2. The van der Waals surface area contributed by atoms with E-state index in [2.05, 4.69) is 60.9 Å². The number of nitriles is 1. The number of thiocarbonyl (C=S) groups is 1. The third kappa shape index (κ3) is 6.92. The average Bonchev–Trinajstić information content (AvgIpc) is 3.27. The molecule has 0 radical (unpaired) electrons. The number of nitrogens with zero attached hydrogens (tertiary/aromatic N) is 5. The van der Waals surface area contributed by atoms with Crippen molar-refractivity contribution < 1.29 is 4.79 Å². The first-order chi connectivity index (χ1) is 20.3. The Hall–Kier alpha value is -3.09. The molecule has 0 bridgehead atoms. The highest BCUT2D eigenvalue weighted by atomic mass is 32.2. The highest BCUT2D eigenvalue weighted by Crippen LogP contribution is 2.37. The van der Waals surface area contributed by atoms with Crippen molar-refractivity contribution in [2.24, 2.45) is 5.92 Å². The smallest absolute Gasteiger partial charge is 0.270 e. The molecular weight excluding hydrogens is 563 g/mol. The standard InChI is InChI=1S/C33H43N5O2S2/c1-5-8-13-25(7-3)23-38-32(40)29(42-33(38)41)21-27-24(4)28(22-34)31(39)37(16-9-6-2)30(27)36-19-17-35(18-20-36)26-14-11-10-12-15-26/h10-12,14-15,21,25H,5-9,13,16-20,23H2,1-4H3. The first kappa shape index (κ1) is 31.8. The molecule has 7 nitrogen and oxygen atoms in total. The summed E-state index contributed by atoms with van der Waals surface area (Å²) in [6.07, 6.45) is 7.99. The van der Waals surface area contributed by atoms with Crippen molar-refractivity contribution in [2.75, 3.05) is 42.5 Å². The van der Waals surface area contributed by atoms with Crippen LogP contribution in [0.4, 0.5) is 11.5 Å². The van der Waals surface area contributed by atoms with Gasteiger partial charge in [0.05, 0.1) is 4.91 Å². The minimum Gasteiger partial charge on any atom is -0.368 e. The molecule has 2 aliphatic heterocycles. The molecule has 1 atom stereocenters. The van der Waals surface area contributed by atoms with E-state index in [0.29, 0.717) is 33.8 Å². The summed E-state index contributed by atoms with van der Waals surface area (Å²) < 4.78 is 2.36. The topological polar surface area (TPSA) is 72.6 Å². The molecule has 0 N–H and O–H groups in total. The number of carbonyl (C=O) groups is 1. The quantitative estimate of drug-likeness (QED) is 0.200. The van der Waals surface area contributed by atoms with E-state index < -0.39 is 0 Å². The lowest BCUT2D eigenvalue weighted by atomic mass is 9.99. The first-order valence-electron chi connectivity index (χ1n) is 15.3. The molecule has 1 unspecified atom stereocenters. The number of anilines is 2. The van der Waals surface area contributed by atoms with Gasteiger partial charge in [0.25, 0.3) is 11.5 Å². The van der Waals surface area contributed by atoms with Gasteiger partial charge in [0, 0.05) is 50.5 Å². The molecule has 3 heterocycles. The average molecular weight is 606 g/mol. The zero-order chi connectivity index (χ0) is 30.2. The Balaban J connectivity index is 1.74. The van der Waals surface area contributed by atoms with Gasteiger partial charge in [-0.05, 0) is 49.5 Å². The molecule has 4 rings (SSSR count). The summed E-state index contributed by atoms with van der Waals surface area (Å²) in [6.45, 7) is 12.5. The van der Waals surface area contributed by atoms with Crippen LogP contribution in [0.15, 0.2) is 40.0 Å². The van der Waals surface area contributed by atoms with Crippen molar-refractivity contribution in [2.45, 2.75) is 72.8 Å². The third-order valence-electron chi connectivity index (χ3n) is 8.42. The number of piperazine rings is 1. The van der Waals surface area contributed by atoms with Crippen LogP contribution >= 0.6 is 24.0 Å². The molecule has 2 fully saturated rings. The van der Waals surface area contributed by atoms with Gasteiger partial charge in [0.2, 0.25) is 0 Å². The van der Waals surface area contributed by atoms with Crippen LogP contribution < -0.4 is 15.4 Å². The van der Waals surface area contributed by atoms with Crippen LogP contribution in [0.2, 0.25) is 0 Å². The zero-order valence-corrected chi connectivity index (χ0v) is 27.0. The molecule has 2 aliphatic rings. The predicted molar refractivity (Wildman–Crippen MR) is 179 cm³/mol. The Bertz CT molecular complexity index is 1400. The van der Waals surface area contributed by atoms with Gasteiger partial charge in [0.1, 0.15) is 21.8 Å². The molecule has 42 heavy (non-hydrogen) atoms. The number of benzene rings is 1. The van der Waals surface area contributed by atoms with Gasteiger partial charge in [-0.1, -0.05) is 88.6 Å². The molecule has 0 spiro atoms. The van der Waals surface area contributed by atoms with Gasteiger partial charge in [-0.2, -0.15) is 5.26 Å². The SMILES string of the molecule is CCCCC(CC)CN1C(=O)C(=Cc2c(C)c(C#N)c(=O)n(CCCC)c2N2CCN(c3ccccc3)CC2)SC1=S. The fraction of sp³-hybridized carbons (Fsp3) is 0.515. The van der Waals surface area contributed by atoms with Gasteiger partial charge in [-0.25, -0.2) is 0 Å². The van der Waals surface area contributed by atoms with Crippen molar-refractivity contribution in [3.05, 3.63) is 62.3 Å². The number of unbranched alkanes of at least 4 members (excludes halogenated alkanes) is 2. The van der Waals surface area contributed by atoms with E-state index in [1.807, 2.05) is 19.1 Å². The van der Waals surface area contributed by atoms with E-state index in [-0.39, 0.29) is 17.0 Å². The Labute approximate surface area is 260 Å². The van der Waals surface area contributed by atoms with Crippen LogP contribution in [-0.2, 0) is 11.3 Å². The number of carbonyl (C=O) groups excluding carboxylic acids is 1. The zero-order valence-electron chi connectivity index (χ0n) is 25.4. The predicted octanol–water partition coefficient (Wildman–Crippen LogP) is 6.57. The molecule has 1 aromatic heterocycles. The molecule has 1 aromatic carbocycles. The molecule has 0 saturated carbocycles. The summed E-state index contributed by atoms with van der Waals surface area (Å²) >= 11 is 7.02. The van der Waals surface area contributed by atoms with Crippen molar-refractivity contribution in [1.82, 2.24) is 9.47 Å². The van der Waals surface area contributed by atoms with Crippen LogP contribution in [0.25, 0.3) is 6.08 Å². The first-order valence-corrected chi connectivity index (χ1v) is 16.5. The van der Waals surface area contributed by atoms with E-state index in [1.54, 1.807) is 9.47 Å². The van der Waals surface area contributed by atoms with Crippen LogP contribution in [0.5, 0.6) is 0 Å². The number of pyridine rings is 1. The molecule has 2 saturated heterocycles. The van der Waals surface area contributed by atoms with E-state index in [9.17, 15) is 14.9 Å². The minimum atomic E-state index is -0.254. The van der Waals surface area contributed by atoms with Gasteiger partial charge in [-0.3, -0.25) is 19.1 Å². The van der Waals surface area contributed by atoms with Crippen molar-refractivity contribution in [3.8, 4) is 6.07 Å². The minimum absolute atomic E-state index is 0.0796. The Morgan fingerprint density at radius 2 is 1.69 bits per heavy atom. The van der Waals surface area contributed by atoms with Gasteiger partial charge in [0.15, 0.2) is 0 Å². The highest BCUT2D eigenvalue weighted by Gasteiger charge is 2.34. The van der Waals surface area contributed by atoms with Crippen LogP contribution in [-0.4, -0.2) is 52.4 Å². The number of aromatic nitrogens is 1. The van der Waals surface area contributed by atoms with Gasteiger partial charge < -0.3 is 9.80 Å². The number of rotatable bonds is 12. The second-order valence-corrected chi connectivity index (χ2v) is 12.9. The Kier molecular flexibility index (Phi) is 11.3. The summed E-state index contributed by atoms with van der Waals surface area (Å²) in [5.41, 5.74) is 2.47. The maximum Gasteiger partial charge on any atom is 0.270 e. The summed E-state index contributed by atoms with van der Waals surface area (Å²) in [5.74, 6) is 1.13. The number of amides is 1. The number of hydrogen-bond acceptors (Lipinski definition) is 7. The molecule has 0 aliphatic carbocycles. The molecular formula is C33H43N5O2S2. The third-order valence-corrected chi connectivity index (χ3v) is 9.79. The van der Waals surface area contributed by atoms with Crippen molar-refractivity contribution >= 4 is 51.8 Å². The van der Waals surface area contributed by atoms with E-state index in [0.717, 1.165) is 76.1 Å². The summed E-state index contributed by atoms with van der Waals surface area (Å²) in [5, 5.41) is 10.0. The molecule has 2 aromatic rings. The van der Waals surface area contributed by atoms with Crippen LogP contribution in [0.1, 0.15) is 76.0 Å². The molecule has 9 heteroatoms. The van der Waals surface area contributed by atoms with Gasteiger partial charge >= 0.3 is 0 Å². The van der Waals surface area contributed by atoms with E-state index in [4.69, 9.17) is 12.2 Å². The summed E-state index contributed by atoms with van der Waals surface area (Å²) in [7, 11) is 0. The number of para-hydroxylation sites is 1. The largest absolute Gasteiger partial charge is 0.368 e. The second kappa shape index (κ2) is 14.9. The molecule has 224 valence electrons. The Morgan fingerprint density at radius 3 is 2.31 bits per heavy atom. The normalized spacial score (nSPS) is 17.3. The lowest BCUT2D eigenvalue weighted by Gasteiger charge is -2.39. The fourth-order valence-corrected chi connectivity index (χ4v) is 7.04. The fourth-order valence-electron chi connectivity index (χ4n) is 5.79. The van der Waals surface area contributed by atoms with Crippen molar-refractivity contribution in [3.63, 3.8) is 0 Å².